The minimum atomic E-state index is 0.833. The molecule has 0 heterocycles. The SMILES string of the molecule is CC=C1C2CC(C3C=CC(C)C3)C(C2)C1CCCC. The molecule has 0 nitrogen and oxygen atoms in total. The van der Waals surface area contributed by atoms with E-state index in [1.807, 2.05) is 5.57 Å². The summed E-state index contributed by atoms with van der Waals surface area (Å²) in [5.74, 6) is 5.66. The highest BCUT2D eigenvalue weighted by Crippen LogP contribution is 2.59. The standard InChI is InChI=1S/C19H30/c1-4-6-7-17-16(5-2)15-11-18(19(17)12-15)14-9-8-13(3)10-14/h5,8-9,13-15,17-19H,4,6-7,10-12H2,1-3H3. The topological polar surface area (TPSA) is 0 Å². The van der Waals surface area contributed by atoms with Gasteiger partial charge in [-0.05, 0) is 68.1 Å². The lowest BCUT2D eigenvalue weighted by Gasteiger charge is -2.35. The Morgan fingerprint density at radius 1 is 1.16 bits per heavy atom. The summed E-state index contributed by atoms with van der Waals surface area (Å²) in [5, 5.41) is 0. The van der Waals surface area contributed by atoms with Crippen LogP contribution in [0.5, 0.6) is 0 Å². The van der Waals surface area contributed by atoms with Crippen LogP contribution < -0.4 is 0 Å². The van der Waals surface area contributed by atoms with Gasteiger partial charge in [0.15, 0.2) is 0 Å². The van der Waals surface area contributed by atoms with Crippen molar-refractivity contribution in [2.24, 2.45) is 35.5 Å². The van der Waals surface area contributed by atoms with E-state index in [9.17, 15) is 0 Å². The molecule has 6 atom stereocenters. The van der Waals surface area contributed by atoms with Crippen LogP contribution in [0.1, 0.15) is 59.3 Å². The Bertz CT molecular complexity index is 375. The van der Waals surface area contributed by atoms with Crippen LogP contribution in [-0.2, 0) is 0 Å². The lowest BCUT2D eigenvalue weighted by molar-refractivity contribution is 0.212. The summed E-state index contributed by atoms with van der Waals surface area (Å²) >= 11 is 0. The van der Waals surface area contributed by atoms with Crippen LogP contribution in [0.3, 0.4) is 0 Å². The van der Waals surface area contributed by atoms with Crippen molar-refractivity contribution in [1.29, 1.82) is 0 Å². The molecule has 2 bridgehead atoms. The Balaban J connectivity index is 1.72. The molecule has 0 N–H and O–H groups in total. The first kappa shape index (κ1) is 13.5. The Morgan fingerprint density at radius 3 is 2.58 bits per heavy atom. The summed E-state index contributed by atoms with van der Waals surface area (Å²) in [6, 6.07) is 0. The van der Waals surface area contributed by atoms with Crippen LogP contribution in [0, 0.1) is 35.5 Å². The zero-order chi connectivity index (χ0) is 13.4. The Morgan fingerprint density at radius 2 is 1.95 bits per heavy atom. The van der Waals surface area contributed by atoms with Gasteiger partial charge in [0.25, 0.3) is 0 Å². The average Bonchev–Trinajstić information content (AvgIpc) is 3.08. The van der Waals surface area contributed by atoms with Crippen LogP contribution in [0.2, 0.25) is 0 Å². The van der Waals surface area contributed by atoms with E-state index in [-0.39, 0.29) is 0 Å². The molecule has 0 heteroatoms. The summed E-state index contributed by atoms with van der Waals surface area (Å²) in [5.41, 5.74) is 1.84. The molecule has 6 unspecified atom stereocenters. The van der Waals surface area contributed by atoms with Gasteiger partial charge in [0, 0.05) is 0 Å². The minimum absolute atomic E-state index is 0.833. The minimum Gasteiger partial charge on any atom is -0.0879 e. The van der Waals surface area contributed by atoms with Gasteiger partial charge in [-0.25, -0.2) is 0 Å². The highest BCUT2D eigenvalue weighted by molar-refractivity contribution is 5.24. The lowest BCUT2D eigenvalue weighted by atomic mass is 9.70. The fourth-order valence-corrected chi connectivity index (χ4v) is 5.37. The van der Waals surface area contributed by atoms with Crippen molar-refractivity contribution in [3.05, 3.63) is 23.8 Å². The Hall–Kier alpha value is -0.520. The predicted octanol–water partition coefficient (Wildman–Crippen LogP) is 5.61. The van der Waals surface area contributed by atoms with Gasteiger partial charge in [-0.3, -0.25) is 0 Å². The molecule has 0 aliphatic heterocycles. The van der Waals surface area contributed by atoms with Crippen LogP contribution in [0.25, 0.3) is 0 Å². The third-order valence-corrected chi connectivity index (χ3v) is 6.16. The Kier molecular flexibility index (Phi) is 3.87. The van der Waals surface area contributed by atoms with E-state index in [0.29, 0.717) is 0 Å². The molecule has 2 saturated carbocycles. The molecule has 0 aromatic heterocycles. The van der Waals surface area contributed by atoms with Gasteiger partial charge >= 0.3 is 0 Å². The molecule has 0 amide bonds. The van der Waals surface area contributed by atoms with E-state index in [1.165, 1.54) is 38.5 Å². The van der Waals surface area contributed by atoms with E-state index in [4.69, 9.17) is 0 Å². The third-order valence-electron chi connectivity index (χ3n) is 6.16. The predicted molar refractivity (Wildman–Crippen MR) is 82.9 cm³/mol. The van der Waals surface area contributed by atoms with Gasteiger partial charge in [0.1, 0.15) is 0 Å². The monoisotopic (exact) mass is 258 g/mol. The fourth-order valence-electron chi connectivity index (χ4n) is 5.37. The van der Waals surface area contributed by atoms with Gasteiger partial charge < -0.3 is 0 Å². The van der Waals surface area contributed by atoms with Gasteiger partial charge in [0.2, 0.25) is 0 Å². The molecule has 0 aromatic rings. The van der Waals surface area contributed by atoms with Crippen molar-refractivity contribution in [2.45, 2.75) is 59.3 Å². The zero-order valence-corrected chi connectivity index (χ0v) is 12.9. The lowest BCUT2D eigenvalue weighted by Crippen LogP contribution is -2.27. The van der Waals surface area contributed by atoms with Crippen molar-refractivity contribution in [3.8, 4) is 0 Å². The first-order valence-electron chi connectivity index (χ1n) is 8.59. The molecule has 19 heavy (non-hydrogen) atoms. The molecule has 106 valence electrons. The second kappa shape index (κ2) is 5.46. The number of unbranched alkanes of at least 4 members (excludes halogenated alkanes) is 1. The van der Waals surface area contributed by atoms with Gasteiger partial charge in [-0.2, -0.15) is 0 Å². The molecule has 2 fully saturated rings. The van der Waals surface area contributed by atoms with Gasteiger partial charge in [0.05, 0.1) is 0 Å². The second-order valence-corrected chi connectivity index (χ2v) is 7.30. The van der Waals surface area contributed by atoms with Crippen LogP contribution in [0.4, 0.5) is 0 Å². The molecule has 3 aliphatic rings. The van der Waals surface area contributed by atoms with E-state index in [0.717, 1.165) is 35.5 Å². The molecule has 0 spiro atoms. The fraction of sp³-hybridized carbons (Fsp3) is 0.789. The zero-order valence-electron chi connectivity index (χ0n) is 12.9. The van der Waals surface area contributed by atoms with Crippen molar-refractivity contribution < 1.29 is 0 Å². The second-order valence-electron chi connectivity index (χ2n) is 7.30. The number of fused-ring (bicyclic) bond motifs is 2. The highest BCUT2D eigenvalue weighted by atomic mass is 14.5. The van der Waals surface area contributed by atoms with Crippen molar-refractivity contribution in [1.82, 2.24) is 0 Å². The van der Waals surface area contributed by atoms with E-state index in [1.54, 1.807) is 0 Å². The third kappa shape index (κ3) is 2.32. The van der Waals surface area contributed by atoms with Crippen LogP contribution in [-0.4, -0.2) is 0 Å². The van der Waals surface area contributed by atoms with E-state index < -0.39 is 0 Å². The first-order valence-corrected chi connectivity index (χ1v) is 8.59. The summed E-state index contributed by atoms with van der Waals surface area (Å²) in [7, 11) is 0. The maximum Gasteiger partial charge on any atom is -0.0169 e. The molecular weight excluding hydrogens is 228 g/mol. The van der Waals surface area contributed by atoms with Crippen molar-refractivity contribution in [2.75, 3.05) is 0 Å². The first-order chi connectivity index (χ1) is 9.24. The molecule has 0 aromatic carbocycles. The number of hydrogen-bond acceptors (Lipinski definition) is 0. The molecule has 3 rings (SSSR count). The maximum absolute atomic E-state index is 2.56. The number of rotatable bonds is 4. The molecule has 0 radical (unpaired) electrons. The highest BCUT2D eigenvalue weighted by Gasteiger charge is 2.50. The largest absolute Gasteiger partial charge is 0.0879 e. The summed E-state index contributed by atoms with van der Waals surface area (Å²) < 4.78 is 0. The molecule has 3 aliphatic carbocycles. The van der Waals surface area contributed by atoms with Crippen LogP contribution >= 0.6 is 0 Å². The van der Waals surface area contributed by atoms with E-state index in [2.05, 4.69) is 39.0 Å². The van der Waals surface area contributed by atoms with Crippen LogP contribution in [0.15, 0.2) is 23.8 Å². The number of hydrogen-bond donors (Lipinski definition) is 0. The van der Waals surface area contributed by atoms with Crippen molar-refractivity contribution >= 4 is 0 Å². The molecule has 0 saturated heterocycles. The maximum atomic E-state index is 2.56. The quantitative estimate of drug-likeness (QED) is 0.575. The normalized spacial score (nSPS) is 46.6. The molecular formula is C19H30. The van der Waals surface area contributed by atoms with Gasteiger partial charge in [-0.15, -0.1) is 0 Å². The average molecular weight is 258 g/mol. The summed E-state index contributed by atoms with van der Waals surface area (Å²) in [6.07, 6.45) is 16.2. The summed E-state index contributed by atoms with van der Waals surface area (Å²) in [4.78, 5) is 0. The van der Waals surface area contributed by atoms with E-state index >= 15 is 0 Å². The summed E-state index contributed by atoms with van der Waals surface area (Å²) in [6.45, 7) is 7.00. The Labute approximate surface area is 119 Å². The van der Waals surface area contributed by atoms with Crippen molar-refractivity contribution in [3.63, 3.8) is 0 Å². The smallest absolute Gasteiger partial charge is 0.0169 e. The van der Waals surface area contributed by atoms with Gasteiger partial charge in [-0.1, -0.05) is 50.5 Å². The number of allylic oxidation sites excluding steroid dienone is 4.